The van der Waals surface area contributed by atoms with Gasteiger partial charge in [0.1, 0.15) is 11.3 Å². The van der Waals surface area contributed by atoms with Crippen molar-refractivity contribution in [3.63, 3.8) is 0 Å². The van der Waals surface area contributed by atoms with Gasteiger partial charge in [0.2, 0.25) is 5.65 Å². The summed E-state index contributed by atoms with van der Waals surface area (Å²) in [6.07, 6.45) is 4.65. The van der Waals surface area contributed by atoms with E-state index in [-0.39, 0.29) is 5.92 Å². The Morgan fingerprint density at radius 2 is 1.80 bits per heavy atom. The highest BCUT2D eigenvalue weighted by Gasteiger charge is 2.28. The summed E-state index contributed by atoms with van der Waals surface area (Å²) < 4.78 is 0. The first-order chi connectivity index (χ1) is 14.7. The Kier molecular flexibility index (Phi) is 4.95. The number of aromatic amines is 1. The molecule has 0 bridgehead atoms. The summed E-state index contributed by atoms with van der Waals surface area (Å²) in [6.45, 7) is 2.35. The van der Waals surface area contributed by atoms with E-state index < -0.39 is 0 Å². The number of hydrogen-bond donors (Lipinski definition) is 2. The molecule has 0 saturated carbocycles. The van der Waals surface area contributed by atoms with Crippen LogP contribution in [0.1, 0.15) is 72.6 Å². The van der Waals surface area contributed by atoms with Crippen LogP contribution in [0.25, 0.3) is 11.2 Å². The number of rotatable bonds is 6. The third-order valence-corrected chi connectivity index (χ3v) is 6.57. The number of H-pyrrole nitrogens is 1. The van der Waals surface area contributed by atoms with E-state index in [1.54, 1.807) is 5.56 Å². The largest absolute Gasteiger partial charge is 0.384 e. The molecule has 0 radical (unpaired) electrons. The molecule has 3 N–H and O–H groups in total. The molecule has 30 heavy (non-hydrogen) atoms. The van der Waals surface area contributed by atoms with Crippen LogP contribution in [-0.2, 0) is 0 Å². The first-order valence-corrected chi connectivity index (χ1v) is 10.8. The zero-order valence-corrected chi connectivity index (χ0v) is 17.3. The lowest BCUT2D eigenvalue weighted by Crippen LogP contribution is -2.06. The van der Waals surface area contributed by atoms with Crippen molar-refractivity contribution >= 4 is 17.0 Å². The van der Waals surface area contributed by atoms with Crippen LogP contribution in [0.2, 0.25) is 0 Å². The third kappa shape index (κ3) is 3.45. The van der Waals surface area contributed by atoms with Gasteiger partial charge in [-0.3, -0.25) is 0 Å². The van der Waals surface area contributed by atoms with Crippen molar-refractivity contribution in [1.82, 2.24) is 20.4 Å². The summed E-state index contributed by atoms with van der Waals surface area (Å²) >= 11 is 0. The molecule has 1 aliphatic carbocycles. The fourth-order valence-corrected chi connectivity index (χ4v) is 5.19. The second kappa shape index (κ2) is 7.90. The van der Waals surface area contributed by atoms with Gasteiger partial charge < -0.3 is 5.73 Å². The van der Waals surface area contributed by atoms with Crippen molar-refractivity contribution in [2.75, 3.05) is 5.73 Å². The molecule has 3 atom stereocenters. The molecule has 4 aromatic rings. The number of nitrogens with zero attached hydrogens (tertiary/aromatic N) is 3. The molecular formula is C25H27N5. The maximum absolute atomic E-state index is 6.10. The van der Waals surface area contributed by atoms with Gasteiger partial charge in [0, 0.05) is 5.92 Å². The van der Waals surface area contributed by atoms with E-state index >= 15 is 0 Å². The van der Waals surface area contributed by atoms with E-state index in [1.807, 2.05) is 6.07 Å². The molecule has 0 saturated heterocycles. The molecule has 2 aromatic carbocycles. The topological polar surface area (TPSA) is 80.5 Å². The number of pyridine rings is 1. The number of nitrogen functional groups attached to an aromatic ring is 1. The molecule has 2 heterocycles. The fourth-order valence-electron chi connectivity index (χ4n) is 5.19. The summed E-state index contributed by atoms with van der Waals surface area (Å²) in [5, 5.41) is 11.3. The fraction of sp³-hybridized carbons (Fsp3) is 0.320. The predicted octanol–water partition coefficient (Wildman–Crippen LogP) is 5.53. The first-order valence-electron chi connectivity index (χ1n) is 10.8. The lowest BCUT2D eigenvalue weighted by Gasteiger charge is -2.20. The van der Waals surface area contributed by atoms with E-state index in [4.69, 9.17) is 5.73 Å². The molecule has 0 fully saturated rings. The molecule has 5 heteroatoms. The summed E-state index contributed by atoms with van der Waals surface area (Å²) in [5.41, 5.74) is 13.0. The van der Waals surface area contributed by atoms with Crippen molar-refractivity contribution in [2.45, 2.75) is 50.4 Å². The Morgan fingerprint density at radius 3 is 2.63 bits per heavy atom. The zero-order valence-electron chi connectivity index (χ0n) is 17.3. The van der Waals surface area contributed by atoms with Gasteiger partial charge in [-0.15, -0.1) is 5.10 Å². The summed E-state index contributed by atoms with van der Waals surface area (Å²) in [4.78, 5) is 4.32. The Morgan fingerprint density at radius 1 is 1.03 bits per heavy atom. The zero-order chi connectivity index (χ0) is 20.5. The van der Waals surface area contributed by atoms with E-state index in [1.165, 1.54) is 24.0 Å². The Balaban J connectivity index is 1.41. The SMILES string of the molecule is CC1C[C@@H](CCCC(c2ccccc2)c2cc(N)nc3n[nH]nc23)c2ccccc21. The monoisotopic (exact) mass is 397 g/mol. The minimum Gasteiger partial charge on any atom is -0.384 e. The van der Waals surface area contributed by atoms with Gasteiger partial charge in [-0.05, 0) is 59.4 Å². The highest BCUT2D eigenvalue weighted by Crippen LogP contribution is 2.44. The average Bonchev–Trinajstić information content (AvgIpc) is 3.36. The third-order valence-electron chi connectivity index (χ3n) is 6.57. The molecule has 2 unspecified atom stereocenters. The molecular weight excluding hydrogens is 370 g/mol. The van der Waals surface area contributed by atoms with Crippen LogP contribution in [0.15, 0.2) is 60.7 Å². The second-order valence-corrected chi connectivity index (χ2v) is 8.49. The second-order valence-electron chi connectivity index (χ2n) is 8.49. The minimum absolute atomic E-state index is 0.221. The van der Waals surface area contributed by atoms with Crippen molar-refractivity contribution in [3.05, 3.63) is 82.9 Å². The maximum Gasteiger partial charge on any atom is 0.203 e. The minimum atomic E-state index is 0.221. The standard InChI is InChI=1S/C25H27N5/c1-16-14-18(21-12-6-5-11-19(16)21)10-7-13-20(17-8-3-2-4-9-17)22-15-23(26)27-25-24(22)28-30-29-25/h2-6,8-9,11-12,15-16,18,20H,7,10,13-14H2,1H3,(H3,26,27,28,29,30)/t16?,18-,20?/m1/s1. The summed E-state index contributed by atoms with van der Waals surface area (Å²) in [6, 6.07) is 21.6. The Labute approximate surface area is 176 Å². The molecule has 0 amide bonds. The lowest BCUT2D eigenvalue weighted by molar-refractivity contribution is 0.527. The number of fused-ring (bicyclic) bond motifs is 2. The molecule has 0 spiro atoms. The number of nitrogens with one attached hydrogen (secondary N) is 1. The van der Waals surface area contributed by atoms with Crippen LogP contribution in [0.3, 0.4) is 0 Å². The van der Waals surface area contributed by atoms with Crippen LogP contribution in [-0.4, -0.2) is 20.4 Å². The number of benzene rings is 2. The van der Waals surface area contributed by atoms with Gasteiger partial charge in [-0.2, -0.15) is 10.3 Å². The summed E-state index contributed by atoms with van der Waals surface area (Å²) in [5.74, 6) is 2.03. The van der Waals surface area contributed by atoms with Gasteiger partial charge in [-0.1, -0.05) is 67.9 Å². The normalized spacial score (nSPS) is 19.1. The number of anilines is 1. The molecule has 5 nitrogen and oxygen atoms in total. The molecule has 1 aliphatic rings. The molecule has 5 rings (SSSR count). The molecule has 0 aliphatic heterocycles. The van der Waals surface area contributed by atoms with Gasteiger partial charge in [0.15, 0.2) is 0 Å². The average molecular weight is 398 g/mol. The highest BCUT2D eigenvalue weighted by molar-refractivity contribution is 5.77. The predicted molar refractivity (Wildman–Crippen MR) is 120 cm³/mol. The van der Waals surface area contributed by atoms with Crippen molar-refractivity contribution < 1.29 is 0 Å². The van der Waals surface area contributed by atoms with Gasteiger partial charge in [0.05, 0.1) is 0 Å². The van der Waals surface area contributed by atoms with Gasteiger partial charge >= 0.3 is 0 Å². The first kappa shape index (κ1) is 18.8. The van der Waals surface area contributed by atoms with Gasteiger partial charge in [0.25, 0.3) is 0 Å². The van der Waals surface area contributed by atoms with Crippen LogP contribution >= 0.6 is 0 Å². The van der Waals surface area contributed by atoms with E-state index in [0.29, 0.717) is 23.3 Å². The smallest absolute Gasteiger partial charge is 0.203 e. The molecule has 2 aromatic heterocycles. The van der Waals surface area contributed by atoms with Crippen LogP contribution in [0.5, 0.6) is 0 Å². The number of nitrogens with two attached hydrogens (primary N) is 1. The lowest BCUT2D eigenvalue weighted by atomic mass is 9.85. The number of hydrogen-bond acceptors (Lipinski definition) is 4. The highest BCUT2D eigenvalue weighted by atomic mass is 15.3. The van der Waals surface area contributed by atoms with Crippen LogP contribution < -0.4 is 5.73 Å². The molecule has 152 valence electrons. The quantitative estimate of drug-likeness (QED) is 0.448. The van der Waals surface area contributed by atoms with Crippen molar-refractivity contribution in [3.8, 4) is 0 Å². The van der Waals surface area contributed by atoms with E-state index in [9.17, 15) is 0 Å². The number of aromatic nitrogens is 4. The van der Waals surface area contributed by atoms with Crippen LogP contribution in [0.4, 0.5) is 5.82 Å². The Hall–Kier alpha value is -3.21. The van der Waals surface area contributed by atoms with E-state index in [2.05, 4.69) is 81.9 Å². The van der Waals surface area contributed by atoms with E-state index in [0.717, 1.165) is 23.9 Å². The van der Waals surface area contributed by atoms with Crippen molar-refractivity contribution in [1.29, 1.82) is 0 Å². The van der Waals surface area contributed by atoms with Gasteiger partial charge in [-0.25, -0.2) is 4.98 Å². The summed E-state index contributed by atoms with van der Waals surface area (Å²) in [7, 11) is 0. The van der Waals surface area contributed by atoms with Crippen LogP contribution in [0, 0.1) is 0 Å². The maximum atomic E-state index is 6.10. The Bertz CT molecular complexity index is 1150. The van der Waals surface area contributed by atoms with Crippen molar-refractivity contribution in [2.24, 2.45) is 0 Å².